The molecule has 3 heterocycles. The van der Waals surface area contributed by atoms with E-state index < -0.39 is 23.4 Å². The highest BCUT2D eigenvalue weighted by Gasteiger charge is 2.70. The minimum atomic E-state index is -1.39. The van der Waals surface area contributed by atoms with E-state index in [0.29, 0.717) is 33.9 Å². The maximum atomic E-state index is 15.0. The summed E-state index contributed by atoms with van der Waals surface area (Å²) >= 11 is 0. The van der Waals surface area contributed by atoms with Crippen LogP contribution in [-0.4, -0.2) is 41.6 Å². The molecule has 4 atom stereocenters. The standard InChI is InChI=1S/C37H32N2O5/c1-22(2)44-26-17-15-24(16-18-26)34(41)32-31(33(40)25-10-8-11-27(21-25)43-3)37(29-13-6-7-14-30(29)38-36(37)42)35-28-12-5-4-9-23(28)19-20-39(32)35/h4-22,31-32,35H,1-3H3,(H,38,42). The zero-order valence-electron chi connectivity index (χ0n) is 24.7. The van der Waals surface area contributed by atoms with Crippen LogP contribution in [-0.2, 0) is 10.2 Å². The Morgan fingerprint density at radius 2 is 1.59 bits per heavy atom. The molecule has 4 aromatic carbocycles. The van der Waals surface area contributed by atoms with Gasteiger partial charge in [0.1, 0.15) is 23.0 Å². The molecule has 1 amide bonds. The van der Waals surface area contributed by atoms with E-state index >= 15 is 0 Å². The van der Waals surface area contributed by atoms with Gasteiger partial charge in [-0.3, -0.25) is 14.4 Å². The number of methoxy groups -OCH3 is 1. The van der Waals surface area contributed by atoms with Crippen molar-refractivity contribution in [2.24, 2.45) is 5.92 Å². The average Bonchev–Trinajstić information content (AvgIpc) is 3.52. The number of Topliss-reactive ketones (excluding diaryl/α,β-unsaturated/α-hetero) is 2. The van der Waals surface area contributed by atoms with E-state index in [9.17, 15) is 14.4 Å². The van der Waals surface area contributed by atoms with Gasteiger partial charge in [-0.05, 0) is 79.1 Å². The number of anilines is 1. The molecule has 0 radical (unpaired) electrons. The van der Waals surface area contributed by atoms with Gasteiger partial charge < -0.3 is 19.7 Å². The fourth-order valence-electron chi connectivity index (χ4n) is 7.26. The number of fused-ring (bicyclic) bond motifs is 6. The minimum absolute atomic E-state index is 0.0173. The Morgan fingerprint density at radius 1 is 0.841 bits per heavy atom. The second kappa shape index (κ2) is 10.5. The lowest BCUT2D eigenvalue weighted by Gasteiger charge is -2.38. The number of hydrogen-bond acceptors (Lipinski definition) is 6. The molecule has 7 heteroatoms. The highest BCUT2D eigenvalue weighted by Crippen LogP contribution is 2.62. The number of para-hydroxylation sites is 1. The summed E-state index contributed by atoms with van der Waals surface area (Å²) in [5.74, 6) is -0.725. The fourth-order valence-corrected chi connectivity index (χ4v) is 7.26. The molecule has 0 aliphatic carbocycles. The molecule has 4 aromatic rings. The first-order chi connectivity index (χ1) is 21.3. The molecule has 7 nitrogen and oxygen atoms in total. The molecule has 0 aromatic heterocycles. The summed E-state index contributed by atoms with van der Waals surface area (Å²) in [5.41, 5.74) is 2.62. The Bertz CT molecular complexity index is 1830. The number of ketones is 2. The Labute approximate surface area is 256 Å². The third-order valence-electron chi connectivity index (χ3n) is 8.99. The van der Waals surface area contributed by atoms with Gasteiger partial charge in [0.2, 0.25) is 5.91 Å². The van der Waals surface area contributed by atoms with Crippen LogP contribution >= 0.6 is 0 Å². The Balaban J connectivity index is 1.48. The second-order valence-electron chi connectivity index (χ2n) is 11.7. The molecule has 4 unspecified atom stereocenters. The number of carbonyl (C=O) groups excluding carboxylic acids is 3. The molecular formula is C37H32N2O5. The van der Waals surface area contributed by atoms with Crippen molar-refractivity contribution in [3.05, 3.63) is 131 Å². The molecule has 3 aliphatic rings. The van der Waals surface area contributed by atoms with E-state index in [1.54, 1.807) is 55.6 Å². The predicted octanol–water partition coefficient (Wildman–Crippen LogP) is 6.46. The van der Waals surface area contributed by atoms with Crippen molar-refractivity contribution in [1.29, 1.82) is 0 Å². The molecule has 1 N–H and O–H groups in total. The molecule has 0 bridgehead atoms. The molecule has 3 aliphatic heterocycles. The van der Waals surface area contributed by atoms with Gasteiger partial charge in [-0.1, -0.05) is 54.6 Å². The largest absolute Gasteiger partial charge is 0.497 e. The third kappa shape index (κ3) is 4.07. The lowest BCUT2D eigenvalue weighted by molar-refractivity contribution is -0.122. The van der Waals surface area contributed by atoms with Crippen molar-refractivity contribution < 1.29 is 23.9 Å². The van der Waals surface area contributed by atoms with Gasteiger partial charge in [0.05, 0.1) is 25.2 Å². The minimum Gasteiger partial charge on any atom is -0.497 e. The lowest BCUT2D eigenvalue weighted by atomic mass is 9.62. The molecular weight excluding hydrogens is 552 g/mol. The number of amides is 1. The summed E-state index contributed by atoms with van der Waals surface area (Å²) < 4.78 is 11.3. The molecule has 0 saturated carbocycles. The maximum Gasteiger partial charge on any atom is 0.238 e. The van der Waals surface area contributed by atoms with E-state index in [4.69, 9.17) is 9.47 Å². The molecule has 7 rings (SSSR count). The zero-order chi connectivity index (χ0) is 30.6. The van der Waals surface area contributed by atoms with Crippen LogP contribution in [0.15, 0.2) is 103 Å². The van der Waals surface area contributed by atoms with Gasteiger partial charge in [-0.2, -0.15) is 0 Å². The SMILES string of the molecule is COc1cccc(C(=O)C2C(C(=O)c3ccc(OC(C)C)cc3)N3C=Cc4ccccc4C3C23C(=O)Nc2ccccc23)c1. The summed E-state index contributed by atoms with van der Waals surface area (Å²) in [5, 5.41) is 3.08. The first kappa shape index (κ1) is 27.7. The van der Waals surface area contributed by atoms with Crippen LogP contribution in [0.5, 0.6) is 11.5 Å². The molecule has 1 fully saturated rings. The van der Waals surface area contributed by atoms with E-state index in [2.05, 4.69) is 5.32 Å². The highest BCUT2D eigenvalue weighted by molar-refractivity contribution is 6.16. The quantitative estimate of drug-likeness (QED) is 0.251. The van der Waals surface area contributed by atoms with E-state index in [1.807, 2.05) is 79.6 Å². The van der Waals surface area contributed by atoms with E-state index in [0.717, 1.165) is 11.1 Å². The summed E-state index contributed by atoms with van der Waals surface area (Å²) in [6.07, 6.45) is 3.81. The van der Waals surface area contributed by atoms with Gasteiger partial charge in [0.15, 0.2) is 11.6 Å². The van der Waals surface area contributed by atoms with Crippen molar-refractivity contribution in [1.82, 2.24) is 4.90 Å². The Kier molecular flexibility index (Phi) is 6.61. The van der Waals surface area contributed by atoms with Crippen molar-refractivity contribution >= 4 is 29.2 Å². The number of benzene rings is 4. The topological polar surface area (TPSA) is 84.9 Å². The highest BCUT2D eigenvalue weighted by atomic mass is 16.5. The van der Waals surface area contributed by atoms with Crippen molar-refractivity contribution in [2.45, 2.75) is 37.5 Å². The van der Waals surface area contributed by atoms with Gasteiger partial charge >= 0.3 is 0 Å². The van der Waals surface area contributed by atoms with Crippen LogP contribution < -0.4 is 14.8 Å². The second-order valence-corrected chi connectivity index (χ2v) is 11.7. The summed E-state index contributed by atoms with van der Waals surface area (Å²) in [6.45, 7) is 3.88. The van der Waals surface area contributed by atoms with Crippen molar-refractivity contribution in [3.63, 3.8) is 0 Å². The molecule has 1 spiro atoms. The monoisotopic (exact) mass is 584 g/mol. The zero-order valence-corrected chi connectivity index (χ0v) is 24.7. The van der Waals surface area contributed by atoms with Crippen LogP contribution in [0.4, 0.5) is 5.69 Å². The number of carbonyl (C=O) groups is 3. The molecule has 44 heavy (non-hydrogen) atoms. The van der Waals surface area contributed by atoms with Crippen LogP contribution in [0.25, 0.3) is 6.08 Å². The Morgan fingerprint density at radius 3 is 2.36 bits per heavy atom. The lowest BCUT2D eigenvalue weighted by Crippen LogP contribution is -2.49. The van der Waals surface area contributed by atoms with Crippen molar-refractivity contribution in [3.8, 4) is 11.5 Å². The van der Waals surface area contributed by atoms with E-state index in [1.165, 1.54) is 0 Å². The van der Waals surface area contributed by atoms with Gasteiger partial charge in [0.25, 0.3) is 0 Å². The summed E-state index contributed by atoms with van der Waals surface area (Å²) in [7, 11) is 1.54. The van der Waals surface area contributed by atoms with E-state index in [-0.39, 0.29) is 23.6 Å². The van der Waals surface area contributed by atoms with Crippen LogP contribution in [0.2, 0.25) is 0 Å². The fraction of sp³-hybridized carbons (Fsp3) is 0.216. The number of nitrogens with zero attached hydrogens (tertiary/aromatic N) is 1. The number of ether oxygens (including phenoxy) is 2. The van der Waals surface area contributed by atoms with Crippen LogP contribution in [0, 0.1) is 5.92 Å². The molecule has 1 saturated heterocycles. The van der Waals surface area contributed by atoms with Crippen molar-refractivity contribution in [2.75, 3.05) is 12.4 Å². The van der Waals surface area contributed by atoms with Gasteiger partial charge in [-0.15, -0.1) is 0 Å². The number of rotatable bonds is 7. The normalized spacial score (nSPS) is 22.8. The first-order valence-corrected chi connectivity index (χ1v) is 14.8. The van der Waals surface area contributed by atoms with Gasteiger partial charge in [-0.25, -0.2) is 0 Å². The van der Waals surface area contributed by atoms with Crippen LogP contribution in [0.1, 0.15) is 57.3 Å². The maximum absolute atomic E-state index is 15.0. The number of nitrogens with one attached hydrogen (secondary N) is 1. The smallest absolute Gasteiger partial charge is 0.238 e. The number of hydrogen-bond donors (Lipinski definition) is 1. The molecule has 220 valence electrons. The van der Waals surface area contributed by atoms with Gasteiger partial charge in [0, 0.05) is 23.0 Å². The third-order valence-corrected chi connectivity index (χ3v) is 8.99. The first-order valence-electron chi connectivity index (χ1n) is 14.8. The Hall–Kier alpha value is -5.17. The predicted molar refractivity (Wildman–Crippen MR) is 168 cm³/mol. The average molecular weight is 585 g/mol. The summed E-state index contributed by atoms with van der Waals surface area (Å²) in [6, 6.07) is 27.7. The van der Waals surface area contributed by atoms with Crippen LogP contribution in [0.3, 0.4) is 0 Å². The summed E-state index contributed by atoms with van der Waals surface area (Å²) in [4.78, 5) is 46.2.